The number of pyridine rings is 2. The summed E-state index contributed by atoms with van der Waals surface area (Å²) in [6, 6.07) is 12.2. The van der Waals surface area contributed by atoms with Gasteiger partial charge in [-0.2, -0.15) is 5.10 Å². The Balaban J connectivity index is 1.53. The maximum Gasteiger partial charge on any atom is 0.161 e. The van der Waals surface area contributed by atoms with Crippen molar-refractivity contribution in [3.8, 4) is 34.2 Å². The van der Waals surface area contributed by atoms with Crippen LogP contribution in [0.25, 0.3) is 56.2 Å². The summed E-state index contributed by atoms with van der Waals surface area (Å²) in [5.74, 6) is 1.09. The van der Waals surface area contributed by atoms with Crippen molar-refractivity contribution in [2.45, 2.75) is 6.92 Å². The number of H-pyrrole nitrogens is 2. The van der Waals surface area contributed by atoms with E-state index in [-0.39, 0.29) is 5.82 Å². The number of hydrogen-bond acceptors (Lipinski definition) is 5. The second-order valence-corrected chi connectivity index (χ2v) is 7.54. The molecule has 1 aromatic carbocycles. The van der Waals surface area contributed by atoms with Crippen LogP contribution in [0.1, 0.15) is 5.82 Å². The summed E-state index contributed by atoms with van der Waals surface area (Å²) in [7, 11) is 1.95. The number of halogens is 1. The predicted octanol–water partition coefficient (Wildman–Crippen LogP) is 4.41. The Morgan fingerprint density at radius 3 is 2.56 bits per heavy atom. The number of rotatable bonds is 3. The van der Waals surface area contributed by atoms with Crippen molar-refractivity contribution in [3.05, 3.63) is 66.5 Å². The molecule has 8 nitrogen and oxygen atoms in total. The Hall–Kier alpha value is -4.40. The highest BCUT2D eigenvalue weighted by molar-refractivity contribution is 5.95. The molecular formula is C23H17FN8. The van der Waals surface area contributed by atoms with E-state index in [4.69, 9.17) is 9.97 Å². The molecule has 5 heterocycles. The zero-order valence-corrected chi connectivity index (χ0v) is 17.3. The van der Waals surface area contributed by atoms with Gasteiger partial charge in [-0.05, 0) is 37.3 Å². The lowest BCUT2D eigenvalue weighted by Crippen LogP contribution is -1.96. The third-order valence-electron chi connectivity index (χ3n) is 5.64. The zero-order valence-electron chi connectivity index (χ0n) is 17.3. The van der Waals surface area contributed by atoms with E-state index in [1.54, 1.807) is 30.6 Å². The highest BCUT2D eigenvalue weighted by atomic mass is 19.1. The molecule has 0 aliphatic carbocycles. The van der Waals surface area contributed by atoms with Crippen LogP contribution in [0, 0.1) is 12.7 Å². The van der Waals surface area contributed by atoms with E-state index >= 15 is 0 Å². The first-order valence-electron chi connectivity index (χ1n) is 10.0. The average Bonchev–Trinajstić information content (AvgIpc) is 3.50. The number of benzene rings is 1. The molecule has 6 rings (SSSR count). The van der Waals surface area contributed by atoms with Crippen LogP contribution in [0.4, 0.5) is 4.39 Å². The molecule has 0 radical (unpaired) electrons. The van der Waals surface area contributed by atoms with Crippen molar-refractivity contribution in [1.29, 1.82) is 0 Å². The summed E-state index contributed by atoms with van der Waals surface area (Å²) in [4.78, 5) is 21.6. The molecule has 9 heteroatoms. The largest absolute Gasteiger partial charge is 0.336 e. The summed E-state index contributed by atoms with van der Waals surface area (Å²) < 4.78 is 16.4. The number of imidazole rings is 2. The Morgan fingerprint density at radius 2 is 1.75 bits per heavy atom. The van der Waals surface area contributed by atoms with Gasteiger partial charge < -0.3 is 9.55 Å². The van der Waals surface area contributed by atoms with Gasteiger partial charge in [0.05, 0.1) is 28.6 Å². The van der Waals surface area contributed by atoms with Crippen molar-refractivity contribution in [1.82, 2.24) is 39.7 Å². The Morgan fingerprint density at radius 1 is 0.906 bits per heavy atom. The first-order valence-corrected chi connectivity index (χ1v) is 10.0. The molecule has 0 fully saturated rings. The first-order chi connectivity index (χ1) is 15.6. The van der Waals surface area contributed by atoms with Crippen LogP contribution in [-0.4, -0.2) is 39.7 Å². The van der Waals surface area contributed by atoms with Gasteiger partial charge in [0.15, 0.2) is 11.5 Å². The third kappa shape index (κ3) is 2.71. The van der Waals surface area contributed by atoms with Crippen LogP contribution in [0.5, 0.6) is 0 Å². The molecule has 6 aromatic rings. The summed E-state index contributed by atoms with van der Waals surface area (Å²) in [6.45, 7) is 1.95. The molecule has 32 heavy (non-hydrogen) atoms. The third-order valence-corrected chi connectivity index (χ3v) is 5.64. The minimum absolute atomic E-state index is 0.347. The lowest BCUT2D eigenvalue weighted by atomic mass is 10.1. The fourth-order valence-electron chi connectivity index (χ4n) is 3.84. The van der Waals surface area contributed by atoms with Gasteiger partial charge in [-0.25, -0.2) is 19.3 Å². The van der Waals surface area contributed by atoms with Crippen LogP contribution in [-0.2, 0) is 7.05 Å². The number of nitrogens with zero attached hydrogens (tertiary/aromatic N) is 6. The van der Waals surface area contributed by atoms with Gasteiger partial charge in [-0.15, -0.1) is 0 Å². The van der Waals surface area contributed by atoms with Crippen molar-refractivity contribution >= 4 is 22.1 Å². The molecule has 0 aliphatic rings. The highest BCUT2D eigenvalue weighted by Gasteiger charge is 2.19. The molecule has 0 saturated carbocycles. The number of aromatic amines is 2. The van der Waals surface area contributed by atoms with E-state index in [0.717, 1.165) is 28.2 Å². The molecule has 0 bridgehead atoms. The molecule has 5 aromatic heterocycles. The Labute approximate surface area is 181 Å². The molecule has 0 spiro atoms. The van der Waals surface area contributed by atoms with Gasteiger partial charge in [-0.3, -0.25) is 10.1 Å². The molecule has 0 aliphatic heterocycles. The fourth-order valence-corrected chi connectivity index (χ4v) is 3.84. The maximum absolute atomic E-state index is 14.4. The molecule has 156 valence electrons. The van der Waals surface area contributed by atoms with Crippen LogP contribution in [0.2, 0.25) is 0 Å². The Bertz CT molecular complexity index is 1620. The number of nitrogens with one attached hydrogen (secondary N) is 2. The Kier molecular flexibility index (Phi) is 3.91. The highest BCUT2D eigenvalue weighted by Crippen LogP contribution is 2.31. The standard InChI is InChI=1S/C23H17FN8/c1-12-26-11-18(32(12)2)15-7-8-17-21(27-15)22(31-30-17)23-28-16-9-10-25-19(20(16)29-23)13-5-3-4-6-14(13)24/h3-11H,1-2H3,(H,28,29)(H,30,31). The van der Waals surface area contributed by atoms with Crippen LogP contribution in [0.3, 0.4) is 0 Å². The minimum Gasteiger partial charge on any atom is -0.336 e. The quantitative estimate of drug-likeness (QED) is 0.438. The van der Waals surface area contributed by atoms with Gasteiger partial charge in [0.2, 0.25) is 0 Å². The maximum atomic E-state index is 14.4. The molecule has 0 amide bonds. The zero-order chi connectivity index (χ0) is 21.8. The normalized spacial score (nSPS) is 11.6. The monoisotopic (exact) mass is 424 g/mol. The molecule has 2 N–H and O–H groups in total. The van der Waals surface area contributed by atoms with Gasteiger partial charge in [0.25, 0.3) is 0 Å². The fraction of sp³-hybridized carbons (Fsp3) is 0.0870. The molecule has 0 atom stereocenters. The lowest BCUT2D eigenvalue weighted by molar-refractivity contribution is 0.631. The summed E-state index contributed by atoms with van der Waals surface area (Å²) in [5.41, 5.74) is 5.93. The summed E-state index contributed by atoms with van der Waals surface area (Å²) in [6.07, 6.45) is 3.44. The smallest absolute Gasteiger partial charge is 0.161 e. The van der Waals surface area contributed by atoms with Gasteiger partial charge in [0, 0.05) is 18.8 Å². The number of fused-ring (bicyclic) bond motifs is 2. The van der Waals surface area contributed by atoms with Gasteiger partial charge in [-0.1, -0.05) is 12.1 Å². The number of hydrogen-bond donors (Lipinski definition) is 2. The van der Waals surface area contributed by atoms with E-state index in [1.807, 2.05) is 36.7 Å². The van der Waals surface area contributed by atoms with Crippen molar-refractivity contribution in [2.75, 3.05) is 0 Å². The van der Waals surface area contributed by atoms with E-state index in [9.17, 15) is 4.39 Å². The summed E-state index contributed by atoms with van der Waals surface area (Å²) in [5, 5.41) is 7.46. The minimum atomic E-state index is -0.347. The van der Waals surface area contributed by atoms with Gasteiger partial charge in [0.1, 0.15) is 28.4 Å². The SMILES string of the molecule is Cc1ncc(-c2ccc3[nH]nc(-c4nc5c(-c6ccccc6F)nccc5[nH]4)c3n2)n1C. The average molecular weight is 424 g/mol. The van der Waals surface area contributed by atoms with Crippen LogP contribution < -0.4 is 0 Å². The van der Waals surface area contributed by atoms with Crippen molar-refractivity contribution in [3.63, 3.8) is 0 Å². The van der Waals surface area contributed by atoms with Crippen LogP contribution >= 0.6 is 0 Å². The molecule has 0 unspecified atom stereocenters. The summed E-state index contributed by atoms with van der Waals surface area (Å²) >= 11 is 0. The van der Waals surface area contributed by atoms with Crippen LogP contribution in [0.15, 0.2) is 54.9 Å². The van der Waals surface area contributed by atoms with E-state index < -0.39 is 0 Å². The van der Waals surface area contributed by atoms with Gasteiger partial charge >= 0.3 is 0 Å². The molecular weight excluding hydrogens is 407 g/mol. The molecule has 0 saturated heterocycles. The lowest BCUT2D eigenvalue weighted by Gasteiger charge is -2.03. The van der Waals surface area contributed by atoms with Crippen molar-refractivity contribution < 1.29 is 4.39 Å². The topological polar surface area (TPSA) is 101 Å². The predicted molar refractivity (Wildman–Crippen MR) is 119 cm³/mol. The van der Waals surface area contributed by atoms with E-state index in [0.29, 0.717) is 33.8 Å². The first kappa shape index (κ1) is 18.4. The number of aromatic nitrogens is 8. The van der Waals surface area contributed by atoms with E-state index in [2.05, 4.69) is 25.1 Å². The second-order valence-electron chi connectivity index (χ2n) is 7.54. The van der Waals surface area contributed by atoms with E-state index in [1.165, 1.54) is 6.07 Å². The second kappa shape index (κ2) is 6.81. The van der Waals surface area contributed by atoms with Crippen molar-refractivity contribution in [2.24, 2.45) is 7.05 Å². The number of aryl methyl sites for hydroxylation is 1.